The van der Waals surface area contributed by atoms with E-state index in [9.17, 15) is 4.79 Å². The molecule has 0 saturated carbocycles. The first-order chi connectivity index (χ1) is 9.60. The van der Waals surface area contributed by atoms with Crippen LogP contribution in [-0.4, -0.2) is 49.5 Å². The fourth-order valence-corrected chi connectivity index (χ4v) is 3.18. The third-order valence-corrected chi connectivity index (χ3v) is 4.84. The Balaban J connectivity index is 1.76. The van der Waals surface area contributed by atoms with Crippen LogP contribution in [0.25, 0.3) is 0 Å². The maximum Gasteiger partial charge on any atom is 0.265 e. The normalized spacial score (nSPS) is 17.1. The molecule has 1 amide bonds. The van der Waals surface area contributed by atoms with Gasteiger partial charge in [0.25, 0.3) is 5.91 Å². The standard InChI is InChI=1S/C13H23N5OS/c1-15-13-17-11(14)10(20-13)12(19)16-6-3-9-4-7-18(2)8-5-9/h9H,3-8,14H2,1-2H3,(H,15,17)(H,16,19). The third kappa shape index (κ3) is 3.83. The van der Waals surface area contributed by atoms with E-state index in [1.807, 2.05) is 0 Å². The van der Waals surface area contributed by atoms with Gasteiger partial charge in [0, 0.05) is 13.6 Å². The molecular weight excluding hydrogens is 274 g/mol. The Labute approximate surface area is 123 Å². The van der Waals surface area contributed by atoms with Gasteiger partial charge >= 0.3 is 0 Å². The number of hydrogen-bond acceptors (Lipinski definition) is 6. The van der Waals surface area contributed by atoms with Gasteiger partial charge in [-0.25, -0.2) is 4.98 Å². The van der Waals surface area contributed by atoms with Gasteiger partial charge in [-0.05, 0) is 45.3 Å². The van der Waals surface area contributed by atoms with Crippen molar-refractivity contribution >= 4 is 28.2 Å². The average Bonchev–Trinajstić information content (AvgIpc) is 2.82. The molecule has 2 rings (SSSR count). The molecule has 0 aliphatic carbocycles. The number of likely N-dealkylation sites (tertiary alicyclic amines) is 1. The zero-order valence-corrected chi connectivity index (χ0v) is 12.9. The summed E-state index contributed by atoms with van der Waals surface area (Å²) in [6.07, 6.45) is 3.48. The smallest absolute Gasteiger partial charge is 0.265 e. The molecule has 1 saturated heterocycles. The molecule has 112 valence electrons. The van der Waals surface area contributed by atoms with Crippen LogP contribution in [0.15, 0.2) is 0 Å². The number of nitrogens with one attached hydrogen (secondary N) is 2. The highest BCUT2D eigenvalue weighted by Gasteiger charge is 2.18. The number of thiazole rings is 1. The molecule has 0 bridgehead atoms. The Kier molecular flexibility index (Phi) is 5.19. The summed E-state index contributed by atoms with van der Waals surface area (Å²) in [7, 11) is 3.92. The Morgan fingerprint density at radius 1 is 1.50 bits per heavy atom. The van der Waals surface area contributed by atoms with Crippen molar-refractivity contribution in [2.24, 2.45) is 5.92 Å². The molecule has 20 heavy (non-hydrogen) atoms. The quantitative estimate of drug-likeness (QED) is 0.761. The van der Waals surface area contributed by atoms with E-state index in [2.05, 4.69) is 27.6 Å². The van der Waals surface area contributed by atoms with Crippen molar-refractivity contribution in [1.82, 2.24) is 15.2 Å². The monoisotopic (exact) mass is 297 g/mol. The minimum atomic E-state index is -0.116. The highest BCUT2D eigenvalue weighted by atomic mass is 32.1. The van der Waals surface area contributed by atoms with E-state index in [0.29, 0.717) is 22.4 Å². The van der Waals surface area contributed by atoms with E-state index < -0.39 is 0 Å². The number of nitrogen functional groups attached to an aromatic ring is 1. The predicted molar refractivity (Wildman–Crippen MR) is 83.2 cm³/mol. The van der Waals surface area contributed by atoms with Crippen molar-refractivity contribution in [3.05, 3.63) is 4.88 Å². The lowest BCUT2D eigenvalue weighted by atomic mass is 9.94. The molecule has 7 heteroatoms. The minimum Gasteiger partial charge on any atom is -0.382 e. The molecule has 2 heterocycles. The van der Waals surface area contributed by atoms with Crippen molar-refractivity contribution in [3.63, 3.8) is 0 Å². The van der Waals surface area contributed by atoms with Gasteiger partial charge in [0.05, 0.1) is 0 Å². The summed E-state index contributed by atoms with van der Waals surface area (Å²) >= 11 is 1.29. The molecule has 0 unspecified atom stereocenters. The summed E-state index contributed by atoms with van der Waals surface area (Å²) in [6, 6.07) is 0. The molecule has 1 aliphatic heterocycles. The largest absolute Gasteiger partial charge is 0.382 e. The first kappa shape index (κ1) is 15.1. The van der Waals surface area contributed by atoms with Crippen LogP contribution in [0, 0.1) is 5.92 Å². The second kappa shape index (κ2) is 6.90. The second-order valence-corrected chi connectivity index (χ2v) is 6.27. The number of aromatic nitrogens is 1. The molecule has 0 atom stereocenters. The van der Waals surface area contributed by atoms with Crippen LogP contribution in [0.1, 0.15) is 28.9 Å². The first-order valence-corrected chi connectivity index (χ1v) is 7.82. The molecule has 0 aromatic carbocycles. The van der Waals surface area contributed by atoms with Gasteiger partial charge in [0.15, 0.2) is 5.13 Å². The Hall–Kier alpha value is -1.34. The van der Waals surface area contributed by atoms with Crippen LogP contribution in [0.5, 0.6) is 0 Å². The number of nitrogens with zero attached hydrogens (tertiary/aromatic N) is 2. The van der Waals surface area contributed by atoms with Gasteiger partial charge in [-0.3, -0.25) is 4.79 Å². The van der Waals surface area contributed by atoms with Crippen molar-refractivity contribution in [2.75, 3.05) is 44.8 Å². The molecular formula is C13H23N5OS. The van der Waals surface area contributed by atoms with E-state index >= 15 is 0 Å². The van der Waals surface area contributed by atoms with Crippen molar-refractivity contribution in [1.29, 1.82) is 0 Å². The summed E-state index contributed by atoms with van der Waals surface area (Å²) in [5.74, 6) is 0.906. The summed E-state index contributed by atoms with van der Waals surface area (Å²) in [5, 5.41) is 6.51. The van der Waals surface area contributed by atoms with Crippen LogP contribution in [-0.2, 0) is 0 Å². The Morgan fingerprint density at radius 3 is 2.80 bits per heavy atom. The van der Waals surface area contributed by atoms with Gasteiger partial charge in [-0.2, -0.15) is 0 Å². The van der Waals surface area contributed by atoms with Crippen LogP contribution in [0.3, 0.4) is 0 Å². The third-order valence-electron chi connectivity index (χ3n) is 3.75. The van der Waals surface area contributed by atoms with Gasteiger partial charge in [0.1, 0.15) is 10.7 Å². The molecule has 4 N–H and O–H groups in total. The summed E-state index contributed by atoms with van der Waals surface area (Å²) in [5.41, 5.74) is 5.74. The Bertz CT molecular complexity index is 454. The maximum atomic E-state index is 12.0. The summed E-state index contributed by atoms with van der Waals surface area (Å²) in [6.45, 7) is 3.03. The Morgan fingerprint density at radius 2 is 2.20 bits per heavy atom. The molecule has 6 nitrogen and oxygen atoms in total. The van der Waals surface area contributed by atoms with E-state index in [1.54, 1.807) is 7.05 Å². The fraction of sp³-hybridized carbons (Fsp3) is 0.692. The summed E-state index contributed by atoms with van der Waals surface area (Å²) < 4.78 is 0. The van der Waals surface area contributed by atoms with Gasteiger partial charge in [-0.1, -0.05) is 11.3 Å². The minimum absolute atomic E-state index is 0.116. The molecule has 0 spiro atoms. The SMILES string of the molecule is CNc1nc(N)c(C(=O)NCCC2CCN(C)CC2)s1. The van der Waals surface area contributed by atoms with Crippen molar-refractivity contribution < 1.29 is 4.79 Å². The lowest BCUT2D eigenvalue weighted by Gasteiger charge is -2.28. The number of carbonyl (C=O) groups excluding carboxylic acids is 1. The zero-order valence-electron chi connectivity index (χ0n) is 12.1. The lowest BCUT2D eigenvalue weighted by Crippen LogP contribution is -2.32. The molecule has 1 aromatic heterocycles. The maximum absolute atomic E-state index is 12.0. The van der Waals surface area contributed by atoms with Crippen molar-refractivity contribution in [2.45, 2.75) is 19.3 Å². The van der Waals surface area contributed by atoms with Crippen molar-refractivity contribution in [3.8, 4) is 0 Å². The number of carbonyl (C=O) groups is 1. The second-order valence-electron chi connectivity index (χ2n) is 5.27. The highest BCUT2D eigenvalue weighted by molar-refractivity contribution is 7.18. The average molecular weight is 297 g/mol. The number of piperidine rings is 1. The lowest BCUT2D eigenvalue weighted by molar-refractivity contribution is 0.0953. The highest BCUT2D eigenvalue weighted by Crippen LogP contribution is 2.24. The van der Waals surface area contributed by atoms with Crippen LogP contribution >= 0.6 is 11.3 Å². The van der Waals surface area contributed by atoms with Crippen LogP contribution in [0.4, 0.5) is 10.9 Å². The number of hydrogen-bond donors (Lipinski definition) is 3. The number of rotatable bonds is 5. The van der Waals surface area contributed by atoms with Gasteiger partial charge in [0.2, 0.25) is 0 Å². The topological polar surface area (TPSA) is 83.3 Å². The molecule has 1 aliphatic rings. The summed E-state index contributed by atoms with van der Waals surface area (Å²) in [4.78, 5) is 19.0. The number of anilines is 2. The van der Waals surface area contributed by atoms with Gasteiger partial charge in [-0.15, -0.1) is 0 Å². The molecule has 0 radical (unpaired) electrons. The van der Waals surface area contributed by atoms with Crippen LogP contribution < -0.4 is 16.4 Å². The first-order valence-electron chi connectivity index (χ1n) is 7.01. The van der Waals surface area contributed by atoms with E-state index in [0.717, 1.165) is 25.4 Å². The van der Waals surface area contributed by atoms with E-state index in [1.165, 1.54) is 24.2 Å². The number of amides is 1. The molecule has 1 aromatic rings. The van der Waals surface area contributed by atoms with Crippen LogP contribution in [0.2, 0.25) is 0 Å². The zero-order chi connectivity index (χ0) is 14.5. The number of nitrogens with two attached hydrogens (primary N) is 1. The molecule has 1 fully saturated rings. The van der Waals surface area contributed by atoms with E-state index in [-0.39, 0.29) is 5.91 Å². The van der Waals surface area contributed by atoms with Gasteiger partial charge < -0.3 is 21.3 Å². The van der Waals surface area contributed by atoms with E-state index in [4.69, 9.17) is 5.73 Å². The predicted octanol–water partition coefficient (Wildman–Crippen LogP) is 1.23. The fourth-order valence-electron chi connectivity index (χ4n) is 2.42.